The molecule has 0 aliphatic rings. The van der Waals surface area contributed by atoms with Crippen molar-refractivity contribution in [3.05, 3.63) is 40.9 Å². The number of benzene rings is 1. The van der Waals surface area contributed by atoms with Gasteiger partial charge in [0.15, 0.2) is 5.16 Å². The molecule has 2 aromatic heterocycles. The Bertz CT molecular complexity index is 852. The van der Waals surface area contributed by atoms with Crippen LogP contribution in [0.25, 0.3) is 10.9 Å². The summed E-state index contributed by atoms with van der Waals surface area (Å²) in [6.45, 7) is 3.88. The van der Waals surface area contributed by atoms with E-state index in [2.05, 4.69) is 15.2 Å². The molecule has 0 aliphatic heterocycles. The number of aromatic amines is 1. The highest BCUT2D eigenvalue weighted by atomic mass is 32.2. The summed E-state index contributed by atoms with van der Waals surface area (Å²) < 4.78 is 1.61. The quantitative estimate of drug-likeness (QED) is 0.775. The molecular formula is C14H15N5OS. The lowest BCUT2D eigenvalue weighted by molar-refractivity contribution is 0.534. The number of nitrogens with zero attached hydrogens (tertiary/aromatic N) is 3. The first-order chi connectivity index (χ1) is 10.1. The van der Waals surface area contributed by atoms with E-state index < -0.39 is 0 Å². The molecule has 0 fully saturated rings. The number of nitrogen functional groups attached to an aromatic ring is 1. The number of anilines is 1. The van der Waals surface area contributed by atoms with Crippen LogP contribution in [0.2, 0.25) is 0 Å². The SMILES string of the molecule is CC(C)n1c(Sc2c(N)cnc3ccccc23)n[nH]c1=O. The summed E-state index contributed by atoms with van der Waals surface area (Å²) in [6.07, 6.45) is 1.63. The van der Waals surface area contributed by atoms with E-state index in [4.69, 9.17) is 5.73 Å². The Balaban J connectivity index is 2.15. The van der Waals surface area contributed by atoms with Crippen molar-refractivity contribution in [1.82, 2.24) is 19.7 Å². The predicted octanol–water partition coefficient (Wildman–Crippen LogP) is 2.43. The highest BCUT2D eigenvalue weighted by molar-refractivity contribution is 7.99. The van der Waals surface area contributed by atoms with Gasteiger partial charge in [-0.2, -0.15) is 0 Å². The maximum absolute atomic E-state index is 11.8. The van der Waals surface area contributed by atoms with Crippen molar-refractivity contribution in [2.24, 2.45) is 0 Å². The topological polar surface area (TPSA) is 89.6 Å². The normalized spacial score (nSPS) is 11.4. The third-order valence-corrected chi connectivity index (χ3v) is 4.27. The summed E-state index contributed by atoms with van der Waals surface area (Å²) in [7, 11) is 0. The van der Waals surface area contributed by atoms with E-state index in [1.807, 2.05) is 38.1 Å². The lowest BCUT2D eigenvalue weighted by atomic mass is 10.2. The van der Waals surface area contributed by atoms with Gasteiger partial charge in [-0.15, -0.1) is 5.10 Å². The Morgan fingerprint density at radius 1 is 1.33 bits per heavy atom. The molecule has 0 unspecified atom stereocenters. The summed E-state index contributed by atoms with van der Waals surface area (Å²) in [5.41, 5.74) is 7.28. The summed E-state index contributed by atoms with van der Waals surface area (Å²) in [4.78, 5) is 17.0. The van der Waals surface area contributed by atoms with E-state index in [1.165, 1.54) is 11.8 Å². The lowest BCUT2D eigenvalue weighted by Gasteiger charge is -2.11. The number of hydrogen-bond acceptors (Lipinski definition) is 5. The van der Waals surface area contributed by atoms with Crippen molar-refractivity contribution in [2.45, 2.75) is 29.9 Å². The number of rotatable bonds is 3. The van der Waals surface area contributed by atoms with Crippen molar-refractivity contribution in [1.29, 1.82) is 0 Å². The minimum absolute atomic E-state index is 0.0214. The Morgan fingerprint density at radius 3 is 2.86 bits per heavy atom. The van der Waals surface area contributed by atoms with Gasteiger partial charge in [-0.05, 0) is 31.7 Å². The van der Waals surface area contributed by atoms with Crippen LogP contribution in [0.15, 0.2) is 45.3 Å². The van der Waals surface area contributed by atoms with E-state index in [1.54, 1.807) is 10.8 Å². The van der Waals surface area contributed by atoms with E-state index >= 15 is 0 Å². The van der Waals surface area contributed by atoms with Crippen LogP contribution in [0.5, 0.6) is 0 Å². The first kappa shape index (κ1) is 13.7. The Kier molecular flexibility index (Phi) is 3.42. The zero-order valence-corrected chi connectivity index (χ0v) is 12.5. The van der Waals surface area contributed by atoms with Gasteiger partial charge in [0.2, 0.25) is 0 Å². The molecule has 0 saturated carbocycles. The highest BCUT2D eigenvalue weighted by Crippen LogP contribution is 2.36. The summed E-state index contributed by atoms with van der Waals surface area (Å²) in [5, 5.41) is 8.13. The van der Waals surface area contributed by atoms with Crippen LogP contribution in [0, 0.1) is 0 Å². The van der Waals surface area contributed by atoms with Gasteiger partial charge >= 0.3 is 5.69 Å². The maximum Gasteiger partial charge on any atom is 0.344 e. The average molecular weight is 301 g/mol. The molecule has 3 aromatic rings. The van der Waals surface area contributed by atoms with Crippen LogP contribution in [0.4, 0.5) is 5.69 Å². The molecule has 1 aromatic carbocycles. The minimum Gasteiger partial charge on any atom is -0.397 e. The van der Waals surface area contributed by atoms with E-state index in [-0.39, 0.29) is 11.7 Å². The molecule has 2 heterocycles. The van der Waals surface area contributed by atoms with Crippen LogP contribution >= 0.6 is 11.8 Å². The van der Waals surface area contributed by atoms with E-state index in [0.717, 1.165) is 15.8 Å². The van der Waals surface area contributed by atoms with Gasteiger partial charge < -0.3 is 5.73 Å². The predicted molar refractivity (Wildman–Crippen MR) is 83.5 cm³/mol. The number of nitrogens with one attached hydrogen (secondary N) is 1. The largest absolute Gasteiger partial charge is 0.397 e. The first-order valence-electron chi connectivity index (χ1n) is 6.56. The molecule has 0 amide bonds. The average Bonchev–Trinajstić information content (AvgIpc) is 2.83. The molecule has 0 atom stereocenters. The van der Waals surface area contributed by atoms with E-state index in [9.17, 15) is 4.79 Å². The van der Waals surface area contributed by atoms with Crippen LogP contribution in [-0.2, 0) is 0 Å². The standard InChI is InChI=1S/C14H15N5OS/c1-8(2)19-13(20)17-18-14(19)21-12-9-5-3-4-6-11(9)16-7-10(12)15/h3-8H,15H2,1-2H3,(H,17,20). The molecule has 3 N–H and O–H groups in total. The van der Waals surface area contributed by atoms with Gasteiger partial charge in [0.1, 0.15) is 0 Å². The van der Waals surface area contributed by atoms with Crippen molar-refractivity contribution in [3.8, 4) is 0 Å². The highest BCUT2D eigenvalue weighted by Gasteiger charge is 2.16. The third kappa shape index (κ3) is 2.40. The molecule has 7 heteroatoms. The number of fused-ring (bicyclic) bond motifs is 1. The third-order valence-electron chi connectivity index (χ3n) is 3.14. The molecule has 0 radical (unpaired) electrons. The molecule has 0 aliphatic carbocycles. The molecule has 0 saturated heterocycles. The molecular weight excluding hydrogens is 286 g/mol. The molecule has 108 valence electrons. The lowest BCUT2D eigenvalue weighted by Crippen LogP contribution is -2.19. The van der Waals surface area contributed by atoms with Gasteiger partial charge in [-0.1, -0.05) is 18.2 Å². The van der Waals surface area contributed by atoms with Gasteiger partial charge in [0.25, 0.3) is 0 Å². The molecule has 21 heavy (non-hydrogen) atoms. The van der Waals surface area contributed by atoms with Gasteiger partial charge in [-0.3, -0.25) is 9.55 Å². The fourth-order valence-electron chi connectivity index (χ4n) is 2.15. The summed E-state index contributed by atoms with van der Waals surface area (Å²) >= 11 is 1.38. The zero-order chi connectivity index (χ0) is 15.0. The summed E-state index contributed by atoms with van der Waals surface area (Å²) in [5.74, 6) is 0. The van der Waals surface area contributed by atoms with Gasteiger partial charge in [-0.25, -0.2) is 9.89 Å². The number of para-hydroxylation sites is 1. The Morgan fingerprint density at radius 2 is 2.10 bits per heavy atom. The minimum atomic E-state index is -0.218. The second-order valence-corrected chi connectivity index (χ2v) is 5.91. The van der Waals surface area contributed by atoms with Gasteiger partial charge in [0, 0.05) is 16.3 Å². The summed E-state index contributed by atoms with van der Waals surface area (Å²) in [6, 6.07) is 7.78. The second-order valence-electron chi connectivity index (χ2n) is 4.94. The number of aromatic nitrogens is 4. The van der Waals surface area contributed by atoms with Crippen molar-refractivity contribution >= 4 is 28.4 Å². The van der Waals surface area contributed by atoms with E-state index in [0.29, 0.717) is 10.8 Å². The number of nitrogens with two attached hydrogens (primary N) is 1. The Hall–Kier alpha value is -2.28. The van der Waals surface area contributed by atoms with Crippen LogP contribution in [0.1, 0.15) is 19.9 Å². The molecule has 0 spiro atoms. The fourth-order valence-corrected chi connectivity index (χ4v) is 3.27. The van der Waals surface area contributed by atoms with Crippen LogP contribution in [-0.4, -0.2) is 19.7 Å². The zero-order valence-electron chi connectivity index (χ0n) is 11.7. The second kappa shape index (κ2) is 5.25. The number of H-pyrrole nitrogens is 1. The first-order valence-corrected chi connectivity index (χ1v) is 7.37. The van der Waals surface area contributed by atoms with Crippen LogP contribution in [0.3, 0.4) is 0 Å². The molecule has 0 bridgehead atoms. The maximum atomic E-state index is 11.8. The van der Waals surface area contributed by atoms with Crippen molar-refractivity contribution in [3.63, 3.8) is 0 Å². The monoisotopic (exact) mass is 301 g/mol. The van der Waals surface area contributed by atoms with Gasteiger partial charge in [0.05, 0.1) is 17.4 Å². The van der Waals surface area contributed by atoms with Crippen LogP contribution < -0.4 is 11.4 Å². The molecule has 6 nitrogen and oxygen atoms in total. The smallest absolute Gasteiger partial charge is 0.344 e. The number of hydrogen-bond donors (Lipinski definition) is 2. The molecule has 3 rings (SSSR count). The number of pyridine rings is 1. The fraction of sp³-hybridized carbons (Fsp3) is 0.214. The van der Waals surface area contributed by atoms with Crippen molar-refractivity contribution < 1.29 is 0 Å². The van der Waals surface area contributed by atoms with Crippen molar-refractivity contribution in [2.75, 3.05) is 5.73 Å². The Labute approximate surface area is 125 Å².